The smallest absolute Gasteiger partial charge is 0.270 e. The first-order chi connectivity index (χ1) is 17.9. The molecule has 11 heteroatoms. The van der Waals surface area contributed by atoms with Gasteiger partial charge < -0.3 is 0 Å². The summed E-state index contributed by atoms with van der Waals surface area (Å²) in [5.41, 5.74) is -1.10. The van der Waals surface area contributed by atoms with Crippen LogP contribution in [0.2, 0.25) is 0 Å². The van der Waals surface area contributed by atoms with Crippen molar-refractivity contribution in [3.8, 4) is 0 Å². The van der Waals surface area contributed by atoms with Gasteiger partial charge in [0.05, 0.1) is 0 Å². The summed E-state index contributed by atoms with van der Waals surface area (Å²) >= 11 is 0. The summed E-state index contributed by atoms with van der Waals surface area (Å²) < 4.78 is 13.3. The van der Waals surface area contributed by atoms with E-state index < -0.39 is 18.8 Å². The fourth-order valence-corrected chi connectivity index (χ4v) is 8.75. The summed E-state index contributed by atoms with van der Waals surface area (Å²) in [4.78, 5) is 27.2. The Bertz CT molecular complexity index is 812. The van der Waals surface area contributed by atoms with Crippen molar-refractivity contribution in [2.24, 2.45) is 4.74 Å². The van der Waals surface area contributed by atoms with Gasteiger partial charge in [-0.25, -0.2) is 23.9 Å². The monoisotopic (exact) mass is 621 g/mol. The first-order valence-electron chi connectivity index (χ1n) is 15.0. The zero-order chi connectivity index (χ0) is 27.5. The van der Waals surface area contributed by atoms with Crippen LogP contribution in [0.1, 0.15) is 119 Å². The van der Waals surface area contributed by atoms with Crippen LogP contribution in [0.4, 0.5) is 5.82 Å². The molecule has 0 radical (unpaired) electrons. The number of hydrogen-bond acceptors (Lipinski definition) is 4. The van der Waals surface area contributed by atoms with Gasteiger partial charge in [-0.2, -0.15) is 4.74 Å². The number of nitrogens with one attached hydrogen (secondary N) is 2. The lowest BCUT2D eigenvalue weighted by Gasteiger charge is -2.50. The first-order valence-corrected chi connectivity index (χ1v) is 16.6. The summed E-state index contributed by atoms with van der Waals surface area (Å²) in [6.07, 6.45) is 13.1. The van der Waals surface area contributed by atoms with Crippen LogP contribution in [0.5, 0.6) is 0 Å². The molecule has 0 saturated carbocycles. The number of H-pyrrole nitrogens is 2. The van der Waals surface area contributed by atoms with Crippen molar-refractivity contribution in [2.45, 2.75) is 119 Å². The molecule has 2 N–H and O–H groups in total. The highest BCUT2D eigenvalue weighted by atomic mass is 79.9. The Morgan fingerprint density at radius 2 is 0.947 bits per heavy atom. The minimum Gasteiger partial charge on any atom is -0.270 e. The van der Waals surface area contributed by atoms with Crippen molar-refractivity contribution in [3.05, 3.63) is 20.8 Å². The molecule has 0 unspecified atom stereocenters. The van der Waals surface area contributed by atoms with Gasteiger partial charge in [0, 0.05) is 39.3 Å². The number of rotatable bonds is 22. The average Bonchev–Trinajstić information content (AvgIpc) is 2.89. The van der Waals surface area contributed by atoms with Crippen LogP contribution >= 0.6 is 24.5 Å². The zero-order valence-electron chi connectivity index (χ0n) is 25.1. The van der Waals surface area contributed by atoms with Gasteiger partial charge in [0.25, 0.3) is 5.56 Å². The average molecular weight is 623 g/mol. The summed E-state index contributed by atoms with van der Waals surface area (Å²) in [5, 5.41) is 6.64. The zero-order valence-corrected chi connectivity index (χ0v) is 27.7. The summed E-state index contributed by atoms with van der Waals surface area (Å²) in [6, 6.07) is 0. The number of unbranched alkanes of at least 4 members (excludes halogenated alkanes) is 6. The maximum atomic E-state index is 13.0. The minimum atomic E-state index is -2.55. The largest absolute Gasteiger partial charge is 0.342 e. The number of aromatic amines is 2. The Kier molecular flexibility index (Phi) is 21.5. The highest BCUT2D eigenvalue weighted by Crippen LogP contribution is 2.61. The Hall–Kier alpha value is -0.800. The SMILES string of the molecule is Br.CCCCN(CCCC)P(=Nc1n[nH]c(=O)[nH]c1=O)(N(CCCC)CCCC)N(CCCC)CCCC. The molecular weight excluding hydrogens is 565 g/mol. The third kappa shape index (κ3) is 11.7. The molecule has 0 saturated heterocycles. The van der Waals surface area contributed by atoms with Crippen LogP contribution in [0.25, 0.3) is 0 Å². The number of hydrogen-bond donors (Lipinski definition) is 2. The molecular formula is C27H57BrN7O2P. The molecule has 0 atom stereocenters. The predicted octanol–water partition coefficient (Wildman–Crippen LogP) is 7.32. The molecule has 1 heterocycles. The fraction of sp³-hybridized carbons (Fsp3) is 0.889. The van der Waals surface area contributed by atoms with Crippen LogP contribution in [0.15, 0.2) is 14.3 Å². The van der Waals surface area contributed by atoms with Gasteiger partial charge in [-0.1, -0.05) is 80.1 Å². The first kappa shape index (κ1) is 37.2. The Morgan fingerprint density at radius 1 is 0.632 bits per heavy atom. The van der Waals surface area contributed by atoms with Crippen molar-refractivity contribution >= 4 is 30.3 Å². The second-order valence-corrected chi connectivity index (χ2v) is 12.9. The predicted molar refractivity (Wildman–Crippen MR) is 169 cm³/mol. The quantitative estimate of drug-likeness (QED) is 0.132. The summed E-state index contributed by atoms with van der Waals surface area (Å²) in [5.74, 6) is 0.0990. The van der Waals surface area contributed by atoms with E-state index in [1.807, 2.05) is 0 Å². The molecule has 0 aromatic carbocycles. The Labute approximate surface area is 242 Å². The van der Waals surface area contributed by atoms with Crippen LogP contribution in [-0.2, 0) is 0 Å². The second-order valence-electron chi connectivity index (χ2n) is 9.95. The summed E-state index contributed by atoms with van der Waals surface area (Å²) in [7, 11) is -2.55. The lowest BCUT2D eigenvalue weighted by atomic mass is 10.3. The molecule has 0 aliphatic rings. The lowest BCUT2D eigenvalue weighted by molar-refractivity contribution is 0.291. The molecule has 0 bridgehead atoms. The van der Waals surface area contributed by atoms with E-state index in [4.69, 9.17) is 4.74 Å². The van der Waals surface area contributed by atoms with E-state index in [0.717, 1.165) is 116 Å². The van der Waals surface area contributed by atoms with E-state index >= 15 is 0 Å². The van der Waals surface area contributed by atoms with Crippen molar-refractivity contribution in [1.29, 1.82) is 0 Å². The van der Waals surface area contributed by atoms with Gasteiger partial charge in [0.2, 0.25) is 5.82 Å². The molecule has 0 aliphatic heterocycles. The fourth-order valence-electron chi connectivity index (χ4n) is 4.45. The molecule has 0 amide bonds. The van der Waals surface area contributed by atoms with Gasteiger partial charge in [0.1, 0.15) is 0 Å². The minimum absolute atomic E-state index is 0. The molecule has 224 valence electrons. The van der Waals surface area contributed by atoms with Crippen LogP contribution in [-0.4, -0.2) is 68.5 Å². The van der Waals surface area contributed by atoms with Crippen molar-refractivity contribution in [3.63, 3.8) is 0 Å². The van der Waals surface area contributed by atoms with Crippen molar-refractivity contribution in [1.82, 2.24) is 29.2 Å². The number of aromatic nitrogens is 3. The normalized spacial score (nSPS) is 11.9. The van der Waals surface area contributed by atoms with Crippen molar-refractivity contribution in [2.75, 3.05) is 39.3 Å². The number of halogens is 1. The van der Waals surface area contributed by atoms with Crippen LogP contribution in [0, 0.1) is 0 Å². The van der Waals surface area contributed by atoms with E-state index in [2.05, 4.69) is 70.7 Å². The van der Waals surface area contributed by atoms with Crippen LogP contribution in [0.3, 0.4) is 0 Å². The van der Waals surface area contributed by atoms with Crippen molar-refractivity contribution < 1.29 is 0 Å². The van der Waals surface area contributed by atoms with Gasteiger partial charge >= 0.3 is 5.69 Å². The topological polar surface area (TPSA) is 101 Å². The third-order valence-corrected chi connectivity index (χ3v) is 10.6. The van der Waals surface area contributed by atoms with Gasteiger partial charge in [0.15, 0.2) is 7.51 Å². The molecule has 38 heavy (non-hydrogen) atoms. The molecule has 0 fully saturated rings. The van der Waals surface area contributed by atoms with E-state index in [0.29, 0.717) is 0 Å². The second kappa shape index (κ2) is 22.0. The summed E-state index contributed by atoms with van der Waals surface area (Å²) in [6.45, 7) is 19.1. The maximum Gasteiger partial charge on any atom is 0.342 e. The third-order valence-electron chi connectivity index (χ3n) is 6.68. The number of nitrogens with zero attached hydrogens (tertiary/aromatic N) is 5. The standard InChI is InChI=1S/C27H56N7O2P.BrH/c1-7-13-19-32(20-14-8-2)37(33(21-15-9-3)22-16-10-4,34(23-17-11-5)24-18-12-6)31-25-26(35)28-27(36)30-29-25;/h7-24H2,1-6H3,(H2,28,30,35,36);1H. The molecule has 9 nitrogen and oxygen atoms in total. The molecule has 1 aromatic rings. The van der Waals surface area contributed by atoms with E-state index in [1.54, 1.807) is 0 Å². The lowest BCUT2D eigenvalue weighted by Crippen LogP contribution is -2.44. The Balaban J connectivity index is 0.0000137. The van der Waals surface area contributed by atoms with Crippen LogP contribution < -0.4 is 11.2 Å². The highest BCUT2D eigenvalue weighted by Gasteiger charge is 2.40. The molecule has 1 aromatic heterocycles. The molecule has 0 spiro atoms. The highest BCUT2D eigenvalue weighted by molar-refractivity contribution is 8.93. The van der Waals surface area contributed by atoms with E-state index in [9.17, 15) is 9.59 Å². The van der Waals surface area contributed by atoms with Gasteiger partial charge in [-0.3, -0.25) is 9.78 Å². The van der Waals surface area contributed by atoms with E-state index in [-0.39, 0.29) is 22.8 Å². The molecule has 1 rings (SSSR count). The van der Waals surface area contributed by atoms with Gasteiger partial charge in [-0.15, -0.1) is 22.1 Å². The van der Waals surface area contributed by atoms with Gasteiger partial charge in [-0.05, 0) is 38.5 Å². The Morgan fingerprint density at radius 3 is 1.21 bits per heavy atom. The molecule has 0 aliphatic carbocycles. The van der Waals surface area contributed by atoms with E-state index in [1.165, 1.54) is 0 Å². The maximum absolute atomic E-state index is 13.0.